The first-order chi connectivity index (χ1) is 13.5. The Morgan fingerprint density at radius 2 is 1.54 bits per heavy atom. The molecule has 0 radical (unpaired) electrons. The molecule has 1 aromatic rings. The van der Waals surface area contributed by atoms with Gasteiger partial charge in [0, 0.05) is 30.1 Å². The van der Waals surface area contributed by atoms with Gasteiger partial charge in [-0.05, 0) is 87.7 Å². The first-order valence-electron chi connectivity index (χ1n) is 11.2. The van der Waals surface area contributed by atoms with Crippen LogP contribution < -0.4 is 5.32 Å². The lowest BCUT2D eigenvalue weighted by molar-refractivity contribution is -0.147. The third kappa shape index (κ3) is 3.15. The number of piperidine rings is 1. The van der Waals surface area contributed by atoms with E-state index in [1.54, 1.807) is 0 Å². The maximum atomic E-state index is 13.3. The highest BCUT2D eigenvalue weighted by Gasteiger charge is 2.54. The summed E-state index contributed by atoms with van der Waals surface area (Å²) in [6.07, 6.45) is 9.20. The Bertz CT molecular complexity index is 743. The molecule has 6 rings (SSSR count). The van der Waals surface area contributed by atoms with Crippen LogP contribution in [0.25, 0.3) is 0 Å². The fraction of sp³-hybridized carbons (Fsp3) is 0.667. The minimum absolute atomic E-state index is 0.0666. The summed E-state index contributed by atoms with van der Waals surface area (Å²) < 4.78 is 0. The molecule has 1 N–H and O–H groups in total. The van der Waals surface area contributed by atoms with Crippen molar-refractivity contribution in [3.63, 3.8) is 0 Å². The average Bonchev–Trinajstić information content (AvgIpc) is 2.67. The van der Waals surface area contributed by atoms with E-state index in [2.05, 4.69) is 5.32 Å². The fourth-order valence-corrected chi connectivity index (χ4v) is 6.94. The van der Waals surface area contributed by atoms with Crippen molar-refractivity contribution < 1.29 is 9.59 Å². The molecular weight excluding hydrogens is 348 g/mol. The van der Waals surface area contributed by atoms with E-state index < -0.39 is 0 Å². The summed E-state index contributed by atoms with van der Waals surface area (Å²) in [5.41, 5.74) is 1.77. The van der Waals surface area contributed by atoms with E-state index in [4.69, 9.17) is 0 Å². The minimum atomic E-state index is -0.0666. The van der Waals surface area contributed by atoms with Gasteiger partial charge in [0.05, 0.1) is 0 Å². The third-order valence-electron chi connectivity index (χ3n) is 8.01. The van der Waals surface area contributed by atoms with Crippen LogP contribution >= 0.6 is 0 Å². The summed E-state index contributed by atoms with van der Waals surface area (Å²) in [7, 11) is 0. The highest BCUT2D eigenvalue weighted by molar-refractivity contribution is 5.95. The number of nitrogens with zero attached hydrogens (tertiary/aromatic N) is 1. The summed E-state index contributed by atoms with van der Waals surface area (Å²) in [5.74, 6) is 2.85. The Kier molecular flexibility index (Phi) is 4.48. The predicted molar refractivity (Wildman–Crippen MR) is 109 cm³/mol. The van der Waals surface area contributed by atoms with Crippen LogP contribution in [0.4, 0.5) is 0 Å². The van der Waals surface area contributed by atoms with Gasteiger partial charge in [-0.1, -0.05) is 18.2 Å². The topological polar surface area (TPSA) is 49.4 Å². The lowest BCUT2D eigenvalue weighted by Gasteiger charge is -2.56. The number of hydrogen-bond acceptors (Lipinski definition) is 2. The van der Waals surface area contributed by atoms with E-state index in [0.717, 1.165) is 74.1 Å². The molecule has 0 aromatic heterocycles. The maximum Gasteiger partial charge on any atom is 0.254 e. The van der Waals surface area contributed by atoms with Gasteiger partial charge in [-0.25, -0.2) is 0 Å². The SMILES string of the molecule is Cc1ccccc1C(=O)N1CCC(NC(=O)C23CC4CC(CC(C4)C2)C3)CC1. The fourth-order valence-electron chi connectivity index (χ4n) is 6.94. The van der Waals surface area contributed by atoms with Crippen molar-refractivity contribution >= 4 is 11.8 Å². The highest BCUT2D eigenvalue weighted by Crippen LogP contribution is 2.60. The Hall–Kier alpha value is -1.84. The molecule has 4 saturated carbocycles. The summed E-state index contributed by atoms with van der Waals surface area (Å²) in [5, 5.41) is 3.41. The largest absolute Gasteiger partial charge is 0.353 e. The maximum absolute atomic E-state index is 13.3. The molecule has 5 fully saturated rings. The molecule has 4 aliphatic carbocycles. The number of carbonyl (C=O) groups excluding carboxylic acids is 2. The third-order valence-corrected chi connectivity index (χ3v) is 8.01. The van der Waals surface area contributed by atoms with Gasteiger partial charge in [0.25, 0.3) is 5.91 Å². The first-order valence-corrected chi connectivity index (χ1v) is 11.2. The number of rotatable bonds is 3. The molecule has 4 heteroatoms. The zero-order valence-corrected chi connectivity index (χ0v) is 17.0. The Labute approximate surface area is 168 Å². The second-order valence-corrected chi connectivity index (χ2v) is 10.1. The van der Waals surface area contributed by atoms with E-state index in [-0.39, 0.29) is 17.4 Å². The Morgan fingerprint density at radius 1 is 0.964 bits per heavy atom. The van der Waals surface area contributed by atoms with Crippen molar-refractivity contribution in [2.24, 2.45) is 23.2 Å². The van der Waals surface area contributed by atoms with Gasteiger partial charge in [0.15, 0.2) is 0 Å². The second kappa shape index (κ2) is 6.89. The smallest absolute Gasteiger partial charge is 0.254 e. The molecule has 1 heterocycles. The van der Waals surface area contributed by atoms with Gasteiger partial charge in [0.2, 0.25) is 5.91 Å². The Morgan fingerprint density at radius 3 is 2.11 bits per heavy atom. The van der Waals surface area contributed by atoms with Gasteiger partial charge in [-0.15, -0.1) is 0 Å². The standard InChI is InChI=1S/C24H32N2O2/c1-16-4-2-3-5-21(16)22(27)26-8-6-20(7-9-26)25-23(28)24-13-17-10-18(14-24)12-19(11-17)15-24/h2-5,17-20H,6-15H2,1H3,(H,25,28). The Balaban J connectivity index is 1.18. The van der Waals surface area contributed by atoms with E-state index in [9.17, 15) is 9.59 Å². The molecule has 2 amide bonds. The second-order valence-electron chi connectivity index (χ2n) is 10.1. The summed E-state index contributed by atoms with van der Waals surface area (Å²) in [6, 6.07) is 8.03. The molecule has 4 bridgehead atoms. The van der Waals surface area contributed by atoms with Gasteiger partial charge in [-0.3, -0.25) is 9.59 Å². The normalized spacial score (nSPS) is 34.5. The van der Waals surface area contributed by atoms with Gasteiger partial charge in [0.1, 0.15) is 0 Å². The van der Waals surface area contributed by atoms with Crippen molar-refractivity contribution in [2.45, 2.75) is 64.3 Å². The van der Waals surface area contributed by atoms with E-state index in [1.807, 2.05) is 36.1 Å². The van der Waals surface area contributed by atoms with Crippen LogP contribution in [-0.4, -0.2) is 35.8 Å². The summed E-state index contributed by atoms with van der Waals surface area (Å²) in [6.45, 7) is 3.46. The molecule has 1 aliphatic heterocycles. The molecule has 0 atom stereocenters. The molecule has 0 unspecified atom stereocenters. The molecule has 0 spiro atoms. The van der Waals surface area contributed by atoms with Crippen LogP contribution in [0, 0.1) is 30.1 Å². The van der Waals surface area contributed by atoms with Crippen LogP contribution in [0.2, 0.25) is 0 Å². The number of likely N-dealkylation sites (tertiary alicyclic amines) is 1. The van der Waals surface area contributed by atoms with Gasteiger partial charge >= 0.3 is 0 Å². The van der Waals surface area contributed by atoms with Crippen molar-refractivity contribution in [1.82, 2.24) is 10.2 Å². The van der Waals surface area contributed by atoms with E-state index in [1.165, 1.54) is 19.3 Å². The molecule has 150 valence electrons. The number of aryl methyl sites for hydroxylation is 1. The predicted octanol–water partition coefficient (Wildman–Crippen LogP) is 3.93. The monoisotopic (exact) mass is 380 g/mol. The van der Waals surface area contributed by atoms with Crippen LogP contribution in [0.3, 0.4) is 0 Å². The van der Waals surface area contributed by atoms with Crippen LogP contribution in [-0.2, 0) is 4.79 Å². The summed E-state index contributed by atoms with van der Waals surface area (Å²) in [4.78, 5) is 28.0. The average molecular weight is 381 g/mol. The highest BCUT2D eigenvalue weighted by atomic mass is 16.2. The van der Waals surface area contributed by atoms with Gasteiger partial charge < -0.3 is 10.2 Å². The van der Waals surface area contributed by atoms with E-state index in [0.29, 0.717) is 5.91 Å². The van der Waals surface area contributed by atoms with E-state index >= 15 is 0 Å². The lowest BCUT2D eigenvalue weighted by Crippen LogP contribution is -2.56. The number of carbonyl (C=O) groups is 2. The van der Waals surface area contributed by atoms with Crippen molar-refractivity contribution in [3.05, 3.63) is 35.4 Å². The minimum Gasteiger partial charge on any atom is -0.353 e. The molecule has 1 saturated heterocycles. The zero-order chi connectivity index (χ0) is 19.3. The van der Waals surface area contributed by atoms with Gasteiger partial charge in [-0.2, -0.15) is 0 Å². The number of nitrogens with one attached hydrogen (secondary N) is 1. The molecule has 5 aliphatic rings. The number of benzene rings is 1. The van der Waals surface area contributed by atoms with Crippen LogP contribution in [0.1, 0.15) is 67.3 Å². The molecule has 1 aromatic carbocycles. The van der Waals surface area contributed by atoms with Crippen molar-refractivity contribution in [3.8, 4) is 0 Å². The molecule has 28 heavy (non-hydrogen) atoms. The summed E-state index contributed by atoms with van der Waals surface area (Å²) >= 11 is 0. The number of hydrogen-bond donors (Lipinski definition) is 1. The molecule has 4 nitrogen and oxygen atoms in total. The van der Waals surface area contributed by atoms with Crippen molar-refractivity contribution in [1.29, 1.82) is 0 Å². The number of amides is 2. The van der Waals surface area contributed by atoms with Crippen LogP contribution in [0.15, 0.2) is 24.3 Å². The quantitative estimate of drug-likeness (QED) is 0.864. The zero-order valence-electron chi connectivity index (χ0n) is 17.0. The van der Waals surface area contributed by atoms with Crippen LogP contribution in [0.5, 0.6) is 0 Å². The van der Waals surface area contributed by atoms with Crippen molar-refractivity contribution in [2.75, 3.05) is 13.1 Å². The molecular formula is C24H32N2O2. The first kappa shape index (κ1) is 18.2. The lowest BCUT2D eigenvalue weighted by atomic mass is 9.49.